The topological polar surface area (TPSA) is 36.7 Å². The first-order valence-corrected chi connectivity index (χ1v) is 4.50. The van der Waals surface area contributed by atoms with Crippen LogP contribution in [-0.4, -0.2) is 4.98 Å². The van der Waals surface area contributed by atoms with E-state index in [1.165, 1.54) is 0 Å². The van der Waals surface area contributed by atoms with E-state index >= 15 is 0 Å². The molecule has 0 saturated carbocycles. The van der Waals surface area contributed by atoms with Gasteiger partial charge in [0.25, 0.3) is 0 Å². The number of hydrogen-bond acceptors (Lipinski definition) is 2. The van der Waals surface area contributed by atoms with E-state index < -0.39 is 0 Å². The molecule has 4 heteroatoms. The molecule has 0 N–H and O–H groups in total. The fraction of sp³-hybridized carbons (Fsp3) is 0.143. The van der Waals surface area contributed by atoms with Crippen LogP contribution in [0.15, 0.2) is 21.2 Å². The van der Waals surface area contributed by atoms with E-state index in [1.54, 1.807) is 0 Å². The number of aromatic nitrogens is 1. The van der Waals surface area contributed by atoms with E-state index in [0.717, 1.165) is 14.8 Å². The highest BCUT2D eigenvalue weighted by Gasteiger charge is 2.00. The summed E-state index contributed by atoms with van der Waals surface area (Å²) in [6, 6.07) is 5.73. The molecule has 0 bridgehead atoms. The van der Waals surface area contributed by atoms with Crippen LogP contribution in [0.25, 0.3) is 0 Å². The van der Waals surface area contributed by atoms with Crippen molar-refractivity contribution < 1.29 is 0 Å². The summed E-state index contributed by atoms with van der Waals surface area (Å²) in [5, 5.41) is 8.41. The number of hydrogen-bond donors (Lipinski definition) is 0. The Morgan fingerprint density at radius 3 is 2.82 bits per heavy atom. The summed E-state index contributed by atoms with van der Waals surface area (Å²) in [5.74, 6) is 0. The maximum absolute atomic E-state index is 8.41. The Labute approximate surface area is 81.5 Å². The minimum Gasteiger partial charge on any atom is -0.244 e. The lowest BCUT2D eigenvalue weighted by Gasteiger charge is -1.97. The maximum Gasteiger partial charge on any atom is 0.106 e. The summed E-state index contributed by atoms with van der Waals surface area (Å²) < 4.78 is 1.63. The van der Waals surface area contributed by atoms with Gasteiger partial charge in [0.1, 0.15) is 4.60 Å². The van der Waals surface area contributed by atoms with Gasteiger partial charge in [0.05, 0.1) is 18.2 Å². The summed E-state index contributed by atoms with van der Waals surface area (Å²) in [7, 11) is 0. The Balaban J connectivity index is 3.05. The molecule has 0 aliphatic carbocycles. The van der Waals surface area contributed by atoms with Gasteiger partial charge in [-0.3, -0.25) is 0 Å². The second-order valence-electron chi connectivity index (χ2n) is 1.90. The lowest BCUT2D eigenvalue weighted by atomic mass is 10.3. The molecule has 0 spiro atoms. The SMILES string of the molecule is N#CCc1nc(Br)ccc1Br. The Kier molecular flexibility index (Phi) is 3.03. The van der Waals surface area contributed by atoms with Crippen LogP contribution in [0.4, 0.5) is 0 Å². The molecular formula is C7H4Br2N2. The minimum absolute atomic E-state index is 0.333. The highest BCUT2D eigenvalue weighted by Crippen LogP contribution is 2.17. The van der Waals surface area contributed by atoms with Gasteiger partial charge >= 0.3 is 0 Å². The monoisotopic (exact) mass is 274 g/mol. The van der Waals surface area contributed by atoms with Gasteiger partial charge in [0.2, 0.25) is 0 Å². The molecule has 0 fully saturated rings. The molecule has 1 aromatic rings. The van der Waals surface area contributed by atoms with Gasteiger partial charge < -0.3 is 0 Å². The van der Waals surface area contributed by atoms with Gasteiger partial charge in [-0.05, 0) is 44.0 Å². The molecule has 0 unspecified atom stereocenters. The van der Waals surface area contributed by atoms with E-state index in [4.69, 9.17) is 5.26 Å². The van der Waals surface area contributed by atoms with Gasteiger partial charge in [-0.1, -0.05) is 0 Å². The molecule has 1 aromatic heterocycles. The first-order chi connectivity index (χ1) is 5.24. The zero-order valence-corrected chi connectivity index (χ0v) is 8.68. The second kappa shape index (κ2) is 3.84. The third kappa shape index (κ3) is 2.28. The quantitative estimate of drug-likeness (QED) is 0.739. The van der Waals surface area contributed by atoms with E-state index in [0.29, 0.717) is 6.42 Å². The molecular weight excluding hydrogens is 272 g/mol. The van der Waals surface area contributed by atoms with E-state index in [1.807, 2.05) is 18.2 Å². The van der Waals surface area contributed by atoms with Crippen LogP contribution in [0, 0.1) is 11.3 Å². The smallest absolute Gasteiger partial charge is 0.106 e. The molecule has 0 atom stereocenters. The average molecular weight is 276 g/mol. The van der Waals surface area contributed by atoms with E-state index in [-0.39, 0.29) is 0 Å². The number of pyridine rings is 1. The normalized spacial score (nSPS) is 9.18. The van der Waals surface area contributed by atoms with Crippen LogP contribution >= 0.6 is 31.9 Å². The standard InChI is InChI=1S/C7H4Br2N2/c8-5-1-2-7(9)11-6(5)3-4-10/h1-2H,3H2. The van der Waals surface area contributed by atoms with Crippen molar-refractivity contribution in [2.24, 2.45) is 0 Å². The lowest BCUT2D eigenvalue weighted by molar-refractivity contribution is 1.08. The maximum atomic E-state index is 8.41. The Hall–Kier alpha value is -0.400. The molecule has 1 heterocycles. The second-order valence-corrected chi connectivity index (χ2v) is 3.56. The Bertz CT molecular complexity index is 304. The van der Waals surface area contributed by atoms with Crippen LogP contribution < -0.4 is 0 Å². The van der Waals surface area contributed by atoms with Crippen molar-refractivity contribution in [3.8, 4) is 6.07 Å². The van der Waals surface area contributed by atoms with Crippen molar-refractivity contribution in [1.29, 1.82) is 5.26 Å². The van der Waals surface area contributed by atoms with Crippen LogP contribution in [0.1, 0.15) is 5.69 Å². The largest absolute Gasteiger partial charge is 0.244 e. The molecule has 0 saturated heterocycles. The molecule has 1 rings (SSSR count). The zero-order chi connectivity index (χ0) is 8.27. The average Bonchev–Trinajstić information content (AvgIpc) is 1.98. The molecule has 2 nitrogen and oxygen atoms in total. The predicted molar refractivity (Wildman–Crippen MR) is 49.0 cm³/mol. The van der Waals surface area contributed by atoms with Gasteiger partial charge in [0, 0.05) is 4.47 Å². The van der Waals surface area contributed by atoms with Gasteiger partial charge in [-0.15, -0.1) is 0 Å². The fourth-order valence-corrected chi connectivity index (χ4v) is 1.36. The highest BCUT2D eigenvalue weighted by molar-refractivity contribution is 9.11. The third-order valence-electron chi connectivity index (χ3n) is 1.13. The summed E-state index contributed by atoms with van der Waals surface area (Å²) in [4.78, 5) is 4.11. The lowest BCUT2D eigenvalue weighted by Crippen LogP contribution is -1.89. The van der Waals surface area contributed by atoms with Crippen LogP contribution in [0.2, 0.25) is 0 Å². The van der Waals surface area contributed by atoms with Gasteiger partial charge in [-0.25, -0.2) is 4.98 Å². The predicted octanol–water partition coefficient (Wildman–Crippen LogP) is 2.67. The highest BCUT2D eigenvalue weighted by atomic mass is 79.9. The van der Waals surface area contributed by atoms with Crippen LogP contribution in [0.3, 0.4) is 0 Å². The molecule has 0 aromatic carbocycles. The zero-order valence-electron chi connectivity index (χ0n) is 5.51. The molecule has 0 aliphatic rings. The van der Waals surface area contributed by atoms with Crippen molar-refractivity contribution in [1.82, 2.24) is 4.98 Å². The Morgan fingerprint density at radius 1 is 1.45 bits per heavy atom. The van der Waals surface area contributed by atoms with E-state index in [2.05, 4.69) is 36.8 Å². The minimum atomic E-state index is 0.333. The van der Waals surface area contributed by atoms with Gasteiger partial charge in [0.15, 0.2) is 0 Å². The third-order valence-corrected chi connectivity index (χ3v) is 2.29. The first kappa shape index (κ1) is 8.69. The summed E-state index contributed by atoms with van der Waals surface area (Å²) in [6.45, 7) is 0. The molecule has 11 heavy (non-hydrogen) atoms. The molecule has 0 aliphatic heterocycles. The summed E-state index contributed by atoms with van der Waals surface area (Å²) in [5.41, 5.74) is 0.766. The van der Waals surface area contributed by atoms with Crippen LogP contribution in [0.5, 0.6) is 0 Å². The summed E-state index contributed by atoms with van der Waals surface area (Å²) >= 11 is 6.52. The van der Waals surface area contributed by atoms with Crippen molar-refractivity contribution in [2.75, 3.05) is 0 Å². The number of nitriles is 1. The van der Waals surface area contributed by atoms with Crippen molar-refractivity contribution >= 4 is 31.9 Å². The Morgan fingerprint density at radius 2 is 2.18 bits per heavy atom. The summed E-state index contributed by atoms with van der Waals surface area (Å²) in [6.07, 6.45) is 0.333. The number of nitrogens with zero attached hydrogens (tertiary/aromatic N) is 2. The molecule has 0 radical (unpaired) electrons. The first-order valence-electron chi connectivity index (χ1n) is 2.92. The fourth-order valence-electron chi connectivity index (χ4n) is 0.657. The van der Waals surface area contributed by atoms with Crippen molar-refractivity contribution in [3.05, 3.63) is 26.9 Å². The molecule has 0 amide bonds. The number of rotatable bonds is 1. The van der Waals surface area contributed by atoms with Crippen LogP contribution in [-0.2, 0) is 6.42 Å². The van der Waals surface area contributed by atoms with E-state index in [9.17, 15) is 0 Å². The molecule has 56 valence electrons. The van der Waals surface area contributed by atoms with Gasteiger partial charge in [-0.2, -0.15) is 5.26 Å². The van der Waals surface area contributed by atoms with Crippen molar-refractivity contribution in [2.45, 2.75) is 6.42 Å². The number of halogens is 2. The van der Waals surface area contributed by atoms with Crippen molar-refractivity contribution in [3.63, 3.8) is 0 Å².